The van der Waals surface area contributed by atoms with Crippen molar-refractivity contribution in [3.05, 3.63) is 46.5 Å². The first-order valence-corrected chi connectivity index (χ1v) is 10.4. The molecule has 9 nitrogen and oxygen atoms in total. The number of sulfone groups is 1. The number of halogens is 3. The third-order valence-corrected chi connectivity index (χ3v) is 6.61. The van der Waals surface area contributed by atoms with Crippen LogP contribution >= 0.6 is 0 Å². The molecule has 0 saturated carbocycles. The maximum atomic E-state index is 12.8. The van der Waals surface area contributed by atoms with Crippen LogP contribution in [-0.4, -0.2) is 46.6 Å². The summed E-state index contributed by atoms with van der Waals surface area (Å²) in [6, 6.07) is 2.15. The maximum Gasteiger partial charge on any atom is 0.501 e. The molecule has 1 fully saturated rings. The van der Waals surface area contributed by atoms with E-state index in [1.807, 2.05) is 0 Å². The average molecular weight is 448 g/mol. The molecular weight excluding hydrogens is 429 g/mol. The van der Waals surface area contributed by atoms with Gasteiger partial charge >= 0.3 is 5.51 Å². The molecule has 0 radical (unpaired) electrons. The second kappa shape index (κ2) is 7.87. The molecule has 30 heavy (non-hydrogen) atoms. The van der Waals surface area contributed by atoms with Crippen LogP contribution in [0.2, 0.25) is 0 Å². The molecule has 2 heterocycles. The van der Waals surface area contributed by atoms with Gasteiger partial charge in [-0.05, 0) is 25.0 Å². The quantitative estimate of drug-likeness (QED) is 0.552. The van der Waals surface area contributed by atoms with Crippen LogP contribution in [0.15, 0.2) is 35.5 Å². The molecule has 1 aromatic carbocycles. The minimum Gasteiger partial charge on any atom is -0.385 e. The van der Waals surface area contributed by atoms with Gasteiger partial charge < -0.3 is 14.6 Å². The number of aryl methyl sites for hydroxylation is 1. The normalized spacial score (nSPS) is 19.0. The van der Waals surface area contributed by atoms with Crippen LogP contribution in [0.5, 0.6) is 0 Å². The molecule has 1 aromatic heterocycles. The zero-order valence-corrected chi connectivity index (χ0v) is 16.6. The summed E-state index contributed by atoms with van der Waals surface area (Å²) in [5.74, 6) is 0.112. The van der Waals surface area contributed by atoms with Crippen LogP contribution in [0.3, 0.4) is 0 Å². The summed E-state index contributed by atoms with van der Waals surface area (Å²) < 4.78 is 63.3. The number of nitro benzene ring substituents is 1. The van der Waals surface area contributed by atoms with E-state index in [2.05, 4.69) is 4.98 Å². The summed E-state index contributed by atoms with van der Waals surface area (Å²) in [4.78, 5) is 15.1. The number of alkyl halides is 3. The largest absolute Gasteiger partial charge is 0.501 e. The van der Waals surface area contributed by atoms with Gasteiger partial charge in [-0.1, -0.05) is 0 Å². The van der Waals surface area contributed by atoms with Gasteiger partial charge in [0.25, 0.3) is 15.5 Å². The number of hydrogen-bond acceptors (Lipinski definition) is 7. The minimum absolute atomic E-state index is 0.00198. The van der Waals surface area contributed by atoms with Crippen LogP contribution in [-0.2, 0) is 16.9 Å². The predicted molar refractivity (Wildman–Crippen MR) is 99.4 cm³/mol. The van der Waals surface area contributed by atoms with E-state index in [9.17, 15) is 36.8 Å². The lowest BCUT2D eigenvalue weighted by Crippen LogP contribution is -2.38. The fraction of sp³-hybridized carbons (Fsp3) is 0.471. The molecule has 2 atom stereocenters. The Balaban J connectivity index is 1.93. The number of anilines is 1. The number of piperidine rings is 1. The van der Waals surface area contributed by atoms with Gasteiger partial charge in [0.15, 0.2) is 0 Å². The molecule has 1 saturated heterocycles. The number of nitro groups is 1. The van der Waals surface area contributed by atoms with Crippen LogP contribution in [0.4, 0.5) is 24.5 Å². The van der Waals surface area contributed by atoms with E-state index in [-0.39, 0.29) is 18.2 Å². The van der Waals surface area contributed by atoms with E-state index in [0.29, 0.717) is 37.3 Å². The molecule has 0 spiro atoms. The van der Waals surface area contributed by atoms with Crippen molar-refractivity contribution in [2.75, 3.05) is 18.0 Å². The fourth-order valence-electron chi connectivity index (χ4n) is 3.58. The third-order valence-electron chi connectivity index (χ3n) is 5.13. The number of hydrogen-bond donors (Lipinski definition) is 1. The van der Waals surface area contributed by atoms with Crippen molar-refractivity contribution in [1.29, 1.82) is 0 Å². The first-order valence-electron chi connectivity index (χ1n) is 8.93. The summed E-state index contributed by atoms with van der Waals surface area (Å²) in [6.07, 6.45) is 3.47. The van der Waals surface area contributed by atoms with Gasteiger partial charge in [-0.25, -0.2) is 13.4 Å². The number of rotatable bonds is 5. The van der Waals surface area contributed by atoms with Gasteiger partial charge in [0.1, 0.15) is 17.6 Å². The van der Waals surface area contributed by atoms with E-state index in [0.717, 1.165) is 6.07 Å². The van der Waals surface area contributed by atoms with Gasteiger partial charge in [0.2, 0.25) is 0 Å². The first kappa shape index (κ1) is 22.0. The lowest BCUT2D eigenvalue weighted by molar-refractivity contribution is -0.384. The van der Waals surface area contributed by atoms with Crippen molar-refractivity contribution in [3.63, 3.8) is 0 Å². The van der Waals surface area contributed by atoms with Gasteiger partial charge in [-0.15, -0.1) is 0 Å². The number of nitrogens with zero attached hydrogens (tertiary/aromatic N) is 4. The van der Waals surface area contributed by atoms with Gasteiger partial charge in [-0.3, -0.25) is 10.1 Å². The lowest BCUT2D eigenvalue weighted by Gasteiger charge is -2.36. The van der Waals surface area contributed by atoms with Crippen LogP contribution in [0.25, 0.3) is 0 Å². The fourth-order valence-corrected chi connectivity index (χ4v) is 4.36. The van der Waals surface area contributed by atoms with E-state index >= 15 is 0 Å². The molecule has 3 rings (SSSR count). The monoisotopic (exact) mass is 448 g/mol. The molecule has 0 aliphatic carbocycles. The standard InChI is InChI=1S/C17H19F3N4O5S/c1-22-8-6-21-16(22)15(25)11-3-2-7-23(10-11)13-5-4-12(9-14(13)24(26)27)30(28,29)17(18,19)20/h4-6,8-9,11,15,25H,2-3,7,10H2,1H3. The van der Waals surface area contributed by atoms with Crippen molar-refractivity contribution >= 4 is 21.2 Å². The topological polar surface area (TPSA) is 119 Å². The minimum atomic E-state index is -5.71. The Bertz CT molecular complexity index is 1050. The van der Waals surface area contributed by atoms with Crippen molar-refractivity contribution in [3.8, 4) is 0 Å². The Kier molecular flexibility index (Phi) is 5.78. The van der Waals surface area contributed by atoms with E-state index < -0.39 is 37.0 Å². The summed E-state index contributed by atoms with van der Waals surface area (Å²) in [7, 11) is -3.99. The Morgan fingerprint density at radius 3 is 2.63 bits per heavy atom. The Hall–Kier alpha value is -2.67. The molecule has 0 bridgehead atoms. The molecule has 13 heteroatoms. The molecule has 1 N–H and O–H groups in total. The molecule has 2 unspecified atom stereocenters. The Morgan fingerprint density at radius 2 is 2.07 bits per heavy atom. The highest BCUT2D eigenvalue weighted by atomic mass is 32.2. The maximum absolute atomic E-state index is 12.8. The molecule has 164 valence electrons. The number of benzene rings is 1. The molecule has 2 aromatic rings. The molecule has 1 aliphatic heterocycles. The van der Waals surface area contributed by atoms with Crippen molar-refractivity contribution in [1.82, 2.24) is 9.55 Å². The summed E-state index contributed by atoms with van der Waals surface area (Å²) in [5, 5.41) is 22.1. The number of aliphatic hydroxyl groups is 1. The van der Waals surface area contributed by atoms with Gasteiger partial charge in [0.05, 0.1) is 9.82 Å². The van der Waals surface area contributed by atoms with Crippen molar-refractivity contribution in [2.24, 2.45) is 13.0 Å². The van der Waals surface area contributed by atoms with Gasteiger partial charge in [0, 0.05) is 44.5 Å². The van der Waals surface area contributed by atoms with Crippen LogP contribution in [0.1, 0.15) is 24.8 Å². The zero-order valence-electron chi connectivity index (χ0n) is 15.8. The summed E-state index contributed by atoms with van der Waals surface area (Å²) in [6.45, 7) is 0.566. The Labute approximate surface area is 169 Å². The zero-order chi connectivity index (χ0) is 22.3. The SMILES string of the molecule is Cn1ccnc1C(O)C1CCCN(c2ccc(S(=O)(=O)C(F)(F)F)cc2[N+](=O)[O-])C1. The van der Waals surface area contributed by atoms with Crippen LogP contribution < -0.4 is 4.90 Å². The number of imidazole rings is 1. The second-order valence-corrected chi connectivity index (χ2v) is 8.99. The highest BCUT2D eigenvalue weighted by Crippen LogP contribution is 2.38. The summed E-state index contributed by atoms with van der Waals surface area (Å²) in [5.41, 5.74) is -6.31. The van der Waals surface area contributed by atoms with Crippen molar-refractivity contribution < 1.29 is 31.6 Å². The van der Waals surface area contributed by atoms with E-state index in [1.54, 1.807) is 22.7 Å². The summed E-state index contributed by atoms with van der Waals surface area (Å²) >= 11 is 0. The molecular formula is C17H19F3N4O5S. The highest BCUT2D eigenvalue weighted by Gasteiger charge is 2.47. The van der Waals surface area contributed by atoms with Crippen LogP contribution in [0, 0.1) is 16.0 Å². The second-order valence-electron chi connectivity index (χ2n) is 7.05. The Morgan fingerprint density at radius 1 is 1.37 bits per heavy atom. The van der Waals surface area contributed by atoms with Gasteiger partial charge in [-0.2, -0.15) is 13.2 Å². The van der Waals surface area contributed by atoms with E-state index in [4.69, 9.17) is 0 Å². The van der Waals surface area contributed by atoms with Crippen molar-refractivity contribution in [2.45, 2.75) is 29.3 Å². The smallest absolute Gasteiger partial charge is 0.385 e. The predicted octanol–water partition coefficient (Wildman–Crippen LogP) is 2.57. The number of aromatic nitrogens is 2. The average Bonchev–Trinajstić information content (AvgIpc) is 3.12. The first-order chi connectivity index (χ1) is 13.9. The highest BCUT2D eigenvalue weighted by molar-refractivity contribution is 7.92. The molecule has 1 aliphatic rings. The number of aliphatic hydroxyl groups excluding tert-OH is 1. The molecule has 0 amide bonds. The lowest BCUT2D eigenvalue weighted by atomic mass is 9.91. The third kappa shape index (κ3) is 3.99. The van der Waals surface area contributed by atoms with E-state index in [1.165, 1.54) is 6.20 Å².